The summed E-state index contributed by atoms with van der Waals surface area (Å²) < 4.78 is 6.01. The van der Waals surface area contributed by atoms with Crippen molar-refractivity contribution in [2.75, 3.05) is 0 Å². The lowest BCUT2D eigenvalue weighted by Gasteiger charge is -2.24. The molecule has 0 saturated carbocycles. The molecule has 2 aromatic rings. The van der Waals surface area contributed by atoms with E-state index in [1.54, 1.807) is 0 Å². The van der Waals surface area contributed by atoms with Crippen LogP contribution in [0.5, 0.6) is 5.75 Å². The third-order valence-corrected chi connectivity index (χ3v) is 5.19. The summed E-state index contributed by atoms with van der Waals surface area (Å²) >= 11 is 0. The van der Waals surface area contributed by atoms with Gasteiger partial charge in [0.2, 0.25) is 0 Å². The van der Waals surface area contributed by atoms with Crippen LogP contribution in [0.4, 0.5) is 0 Å². The van der Waals surface area contributed by atoms with Crippen LogP contribution in [0.2, 0.25) is 0 Å². The molecule has 0 fully saturated rings. The summed E-state index contributed by atoms with van der Waals surface area (Å²) in [5.41, 5.74) is 4.96. The van der Waals surface area contributed by atoms with E-state index < -0.39 is 6.10 Å². The molecule has 0 spiro atoms. The van der Waals surface area contributed by atoms with Crippen molar-refractivity contribution in [2.45, 2.75) is 78.9 Å². The molecule has 28 heavy (non-hydrogen) atoms. The standard InChI is InChI=1S/C25H35NO2/c1-8-22(21-15-10-17(3)16-18(21)4)26-24(27)23(9-2)28-20-13-11-19(12-14-20)25(5,6)7/h10-16,22-23H,8-9H2,1-7H3,(H,26,27)/t22-,23+/m0/s1. The molecule has 1 N–H and O–H groups in total. The van der Waals surface area contributed by atoms with Crippen molar-refractivity contribution in [1.82, 2.24) is 5.32 Å². The van der Waals surface area contributed by atoms with Crippen LogP contribution in [0.25, 0.3) is 0 Å². The minimum Gasteiger partial charge on any atom is -0.481 e. The number of ether oxygens (including phenoxy) is 1. The second-order valence-electron chi connectivity index (χ2n) is 8.62. The highest BCUT2D eigenvalue weighted by Gasteiger charge is 2.23. The third-order valence-electron chi connectivity index (χ3n) is 5.19. The Labute approximate surface area is 170 Å². The zero-order valence-corrected chi connectivity index (χ0v) is 18.4. The summed E-state index contributed by atoms with van der Waals surface area (Å²) in [6.45, 7) is 14.8. The predicted molar refractivity (Wildman–Crippen MR) is 117 cm³/mol. The highest BCUT2D eigenvalue weighted by Crippen LogP contribution is 2.26. The van der Waals surface area contributed by atoms with Gasteiger partial charge in [-0.05, 0) is 60.9 Å². The monoisotopic (exact) mass is 381 g/mol. The molecular formula is C25H35NO2. The number of carbonyl (C=O) groups is 1. The first-order chi connectivity index (χ1) is 13.2. The van der Waals surface area contributed by atoms with Gasteiger partial charge < -0.3 is 10.1 Å². The molecule has 2 atom stereocenters. The summed E-state index contributed by atoms with van der Waals surface area (Å²) in [6, 6.07) is 14.4. The van der Waals surface area contributed by atoms with Gasteiger partial charge in [-0.3, -0.25) is 4.79 Å². The lowest BCUT2D eigenvalue weighted by Crippen LogP contribution is -2.40. The summed E-state index contributed by atoms with van der Waals surface area (Å²) in [5.74, 6) is 0.670. The van der Waals surface area contributed by atoms with E-state index in [0.717, 1.165) is 12.2 Å². The molecule has 2 aromatic carbocycles. The topological polar surface area (TPSA) is 38.3 Å². The maximum absolute atomic E-state index is 12.9. The lowest BCUT2D eigenvalue weighted by atomic mass is 9.87. The van der Waals surface area contributed by atoms with Gasteiger partial charge in [0.05, 0.1) is 6.04 Å². The van der Waals surface area contributed by atoms with Crippen molar-refractivity contribution in [2.24, 2.45) is 0 Å². The third kappa shape index (κ3) is 5.60. The number of hydrogen-bond donors (Lipinski definition) is 1. The van der Waals surface area contributed by atoms with Crippen molar-refractivity contribution >= 4 is 5.91 Å². The normalized spacial score (nSPS) is 13.7. The van der Waals surface area contributed by atoms with Crippen LogP contribution < -0.4 is 10.1 Å². The molecule has 0 saturated heterocycles. The number of hydrogen-bond acceptors (Lipinski definition) is 2. The average Bonchev–Trinajstić information content (AvgIpc) is 2.64. The fraction of sp³-hybridized carbons (Fsp3) is 0.480. The maximum Gasteiger partial charge on any atom is 0.261 e. The Morgan fingerprint density at radius 2 is 1.64 bits per heavy atom. The fourth-order valence-corrected chi connectivity index (χ4v) is 3.40. The Bertz CT molecular complexity index is 787. The Morgan fingerprint density at radius 1 is 1.00 bits per heavy atom. The molecule has 0 bridgehead atoms. The van der Waals surface area contributed by atoms with Crippen LogP contribution >= 0.6 is 0 Å². The van der Waals surface area contributed by atoms with Crippen LogP contribution in [-0.4, -0.2) is 12.0 Å². The first-order valence-electron chi connectivity index (χ1n) is 10.3. The van der Waals surface area contributed by atoms with Crippen LogP contribution in [0, 0.1) is 13.8 Å². The molecule has 0 heterocycles. The number of benzene rings is 2. The van der Waals surface area contributed by atoms with E-state index in [9.17, 15) is 4.79 Å². The molecule has 0 aromatic heterocycles. The van der Waals surface area contributed by atoms with Crippen molar-refractivity contribution in [3.63, 3.8) is 0 Å². The minimum atomic E-state index is -0.500. The van der Waals surface area contributed by atoms with Gasteiger partial charge in [0.1, 0.15) is 5.75 Å². The van der Waals surface area contributed by atoms with E-state index in [-0.39, 0.29) is 17.4 Å². The van der Waals surface area contributed by atoms with Gasteiger partial charge in [-0.2, -0.15) is 0 Å². The predicted octanol–water partition coefficient (Wildman–Crippen LogP) is 6.03. The Morgan fingerprint density at radius 3 is 2.14 bits per heavy atom. The van der Waals surface area contributed by atoms with E-state index in [0.29, 0.717) is 6.42 Å². The van der Waals surface area contributed by atoms with Crippen molar-refractivity contribution < 1.29 is 9.53 Å². The van der Waals surface area contributed by atoms with Gasteiger partial charge in [0, 0.05) is 0 Å². The average molecular weight is 382 g/mol. The van der Waals surface area contributed by atoms with Crippen molar-refractivity contribution in [3.05, 3.63) is 64.7 Å². The number of aryl methyl sites for hydroxylation is 2. The van der Waals surface area contributed by atoms with Crippen LogP contribution in [0.15, 0.2) is 42.5 Å². The molecule has 152 valence electrons. The van der Waals surface area contributed by atoms with Gasteiger partial charge in [0.15, 0.2) is 6.10 Å². The fourth-order valence-electron chi connectivity index (χ4n) is 3.40. The minimum absolute atomic E-state index is 0.00554. The zero-order chi connectivity index (χ0) is 20.9. The first kappa shape index (κ1) is 22.0. The van der Waals surface area contributed by atoms with E-state index in [4.69, 9.17) is 4.74 Å². The van der Waals surface area contributed by atoms with E-state index in [1.807, 2.05) is 19.1 Å². The number of rotatable bonds is 7. The molecule has 0 radical (unpaired) electrons. The largest absolute Gasteiger partial charge is 0.481 e. The maximum atomic E-state index is 12.9. The number of nitrogens with one attached hydrogen (secondary N) is 1. The van der Waals surface area contributed by atoms with E-state index >= 15 is 0 Å². The second-order valence-corrected chi connectivity index (χ2v) is 8.62. The molecule has 3 heteroatoms. The van der Waals surface area contributed by atoms with E-state index in [1.165, 1.54) is 22.3 Å². The molecular weight excluding hydrogens is 346 g/mol. The number of amides is 1. The molecule has 2 rings (SSSR count). The molecule has 3 nitrogen and oxygen atoms in total. The summed E-state index contributed by atoms with van der Waals surface area (Å²) in [5, 5.41) is 3.19. The highest BCUT2D eigenvalue weighted by atomic mass is 16.5. The van der Waals surface area contributed by atoms with Crippen molar-refractivity contribution in [1.29, 1.82) is 0 Å². The second kappa shape index (κ2) is 9.27. The van der Waals surface area contributed by atoms with Crippen LogP contribution in [0.3, 0.4) is 0 Å². The summed E-state index contributed by atoms with van der Waals surface area (Å²) in [6.07, 6.45) is 0.961. The molecule has 0 aliphatic carbocycles. The smallest absolute Gasteiger partial charge is 0.261 e. The first-order valence-corrected chi connectivity index (χ1v) is 10.3. The Balaban J connectivity index is 2.09. The quantitative estimate of drug-likeness (QED) is 0.636. The number of carbonyl (C=O) groups excluding carboxylic acids is 1. The lowest BCUT2D eigenvalue weighted by molar-refractivity contribution is -0.128. The Kier molecular flexibility index (Phi) is 7.29. The highest BCUT2D eigenvalue weighted by molar-refractivity contribution is 5.81. The van der Waals surface area contributed by atoms with E-state index in [2.05, 4.69) is 77.2 Å². The van der Waals surface area contributed by atoms with Gasteiger partial charge in [-0.1, -0.05) is 70.5 Å². The molecule has 0 aliphatic rings. The summed E-state index contributed by atoms with van der Waals surface area (Å²) in [7, 11) is 0. The Hall–Kier alpha value is -2.29. The van der Waals surface area contributed by atoms with Gasteiger partial charge in [0.25, 0.3) is 5.91 Å². The molecule has 1 amide bonds. The molecule has 0 aliphatic heterocycles. The van der Waals surface area contributed by atoms with Crippen LogP contribution in [-0.2, 0) is 10.2 Å². The van der Waals surface area contributed by atoms with Gasteiger partial charge >= 0.3 is 0 Å². The van der Waals surface area contributed by atoms with Crippen molar-refractivity contribution in [3.8, 4) is 5.75 Å². The molecule has 0 unspecified atom stereocenters. The summed E-state index contributed by atoms with van der Waals surface area (Å²) in [4.78, 5) is 12.9. The van der Waals surface area contributed by atoms with Crippen LogP contribution in [0.1, 0.15) is 75.8 Å². The zero-order valence-electron chi connectivity index (χ0n) is 18.4. The van der Waals surface area contributed by atoms with Gasteiger partial charge in [-0.25, -0.2) is 0 Å². The van der Waals surface area contributed by atoms with Gasteiger partial charge in [-0.15, -0.1) is 0 Å². The SMILES string of the molecule is CC[C@H](NC(=O)[C@@H](CC)Oc1ccc(C(C)(C)C)cc1)c1ccc(C)cc1C.